The number of nitrogens with zero attached hydrogens (tertiary/aromatic N) is 1. The van der Waals surface area contributed by atoms with Gasteiger partial charge in [0.2, 0.25) is 0 Å². The van der Waals surface area contributed by atoms with E-state index < -0.39 is 0 Å². The van der Waals surface area contributed by atoms with Gasteiger partial charge in [0.05, 0.1) is 18.9 Å². The summed E-state index contributed by atoms with van der Waals surface area (Å²) in [5.74, 6) is 0.607. The van der Waals surface area contributed by atoms with Crippen LogP contribution < -0.4 is 10.1 Å². The number of piperidine rings is 1. The molecule has 1 aliphatic carbocycles. The van der Waals surface area contributed by atoms with Gasteiger partial charge in [0.15, 0.2) is 0 Å². The number of halogens is 1. The maximum atomic E-state index is 12.8. The first-order valence-corrected chi connectivity index (χ1v) is 8.88. The van der Waals surface area contributed by atoms with Crippen LogP contribution in [0.4, 0.5) is 10.5 Å². The first-order chi connectivity index (χ1) is 11.6. The second-order valence-corrected chi connectivity index (χ2v) is 7.22. The fourth-order valence-electron chi connectivity index (χ4n) is 4.25. The maximum absolute atomic E-state index is 12.8. The summed E-state index contributed by atoms with van der Waals surface area (Å²) in [7, 11) is 3.37. The fraction of sp³-hybridized carbons (Fsp3) is 0.611. The SMILES string of the molecule is COc1ccc(Cl)cc1NC(=O)N1CCC[C@]2(CCC[C@H]2OC)C1. The maximum Gasteiger partial charge on any atom is 0.321 e. The average molecular weight is 353 g/mol. The third kappa shape index (κ3) is 3.33. The van der Waals surface area contributed by atoms with Gasteiger partial charge in [0.1, 0.15) is 5.75 Å². The van der Waals surface area contributed by atoms with Gasteiger partial charge in [-0.25, -0.2) is 4.79 Å². The minimum Gasteiger partial charge on any atom is -0.495 e. The third-order valence-corrected chi connectivity index (χ3v) is 5.64. The highest BCUT2D eigenvalue weighted by molar-refractivity contribution is 6.31. The summed E-state index contributed by atoms with van der Waals surface area (Å²) < 4.78 is 11.0. The van der Waals surface area contributed by atoms with E-state index in [0.717, 1.165) is 38.8 Å². The molecular formula is C18H25ClN2O3. The van der Waals surface area contributed by atoms with E-state index in [2.05, 4.69) is 5.32 Å². The highest BCUT2D eigenvalue weighted by Gasteiger charge is 2.46. The largest absolute Gasteiger partial charge is 0.495 e. The quantitative estimate of drug-likeness (QED) is 0.888. The molecule has 2 atom stereocenters. The monoisotopic (exact) mass is 352 g/mol. The van der Waals surface area contributed by atoms with E-state index >= 15 is 0 Å². The minimum atomic E-state index is -0.101. The van der Waals surface area contributed by atoms with E-state index in [9.17, 15) is 4.79 Å². The standard InChI is InChI=1S/C18H25ClN2O3/c1-23-15-7-6-13(19)11-14(15)20-17(22)21-10-4-9-18(12-21)8-3-5-16(18)24-2/h6-7,11,16H,3-5,8-10,12H2,1-2H3,(H,20,22)/t16-,18-/m1/s1. The number of hydrogen-bond donors (Lipinski definition) is 1. The first-order valence-electron chi connectivity index (χ1n) is 8.50. The van der Waals surface area contributed by atoms with Crippen molar-refractivity contribution in [2.24, 2.45) is 5.41 Å². The topological polar surface area (TPSA) is 50.8 Å². The molecule has 2 amide bonds. The van der Waals surface area contributed by atoms with E-state index in [1.807, 2.05) is 4.90 Å². The van der Waals surface area contributed by atoms with Crippen molar-refractivity contribution in [3.05, 3.63) is 23.2 Å². The summed E-state index contributed by atoms with van der Waals surface area (Å²) in [5, 5.41) is 3.51. The van der Waals surface area contributed by atoms with Crippen molar-refractivity contribution in [2.75, 3.05) is 32.6 Å². The Kier molecular flexibility index (Phi) is 5.21. The Morgan fingerprint density at radius 2 is 2.12 bits per heavy atom. The van der Waals surface area contributed by atoms with E-state index in [1.54, 1.807) is 32.4 Å². The molecule has 132 valence electrons. The molecule has 24 heavy (non-hydrogen) atoms. The van der Waals surface area contributed by atoms with Crippen LogP contribution in [-0.4, -0.2) is 44.3 Å². The second kappa shape index (κ2) is 7.19. The number of carbonyl (C=O) groups is 1. The number of anilines is 1. The molecule has 1 N–H and O–H groups in total. The van der Waals surface area contributed by atoms with Crippen LogP contribution >= 0.6 is 11.6 Å². The van der Waals surface area contributed by atoms with Crippen molar-refractivity contribution in [3.63, 3.8) is 0 Å². The number of methoxy groups -OCH3 is 2. The lowest BCUT2D eigenvalue weighted by atomic mass is 9.76. The molecular weight excluding hydrogens is 328 g/mol. The predicted molar refractivity (Wildman–Crippen MR) is 94.9 cm³/mol. The van der Waals surface area contributed by atoms with Gasteiger partial charge in [-0.1, -0.05) is 18.0 Å². The number of amides is 2. The number of likely N-dealkylation sites (tertiary alicyclic amines) is 1. The molecule has 1 saturated heterocycles. The van der Waals surface area contributed by atoms with Gasteiger partial charge in [0, 0.05) is 30.6 Å². The van der Waals surface area contributed by atoms with Gasteiger partial charge in [-0.15, -0.1) is 0 Å². The Morgan fingerprint density at radius 1 is 1.33 bits per heavy atom. The number of ether oxygens (including phenoxy) is 2. The van der Waals surface area contributed by atoms with Crippen molar-refractivity contribution >= 4 is 23.3 Å². The summed E-state index contributed by atoms with van der Waals surface area (Å²) in [6.07, 6.45) is 5.81. The zero-order chi connectivity index (χ0) is 17.2. The van der Waals surface area contributed by atoms with E-state index in [4.69, 9.17) is 21.1 Å². The average Bonchev–Trinajstić information content (AvgIpc) is 2.97. The van der Waals surface area contributed by atoms with E-state index in [1.165, 1.54) is 6.42 Å². The fourth-order valence-corrected chi connectivity index (χ4v) is 4.42. The van der Waals surface area contributed by atoms with Crippen LogP contribution in [0, 0.1) is 5.41 Å². The third-order valence-electron chi connectivity index (χ3n) is 5.41. The molecule has 1 aliphatic heterocycles. The molecule has 0 unspecified atom stereocenters. The van der Waals surface area contributed by atoms with E-state index in [-0.39, 0.29) is 17.6 Å². The lowest BCUT2D eigenvalue weighted by molar-refractivity contribution is -0.0244. The summed E-state index contributed by atoms with van der Waals surface area (Å²) in [4.78, 5) is 14.7. The van der Waals surface area contributed by atoms with E-state index in [0.29, 0.717) is 16.5 Å². The molecule has 3 rings (SSSR count). The van der Waals surface area contributed by atoms with Gasteiger partial charge in [0.25, 0.3) is 0 Å². The molecule has 1 aromatic carbocycles. The van der Waals surface area contributed by atoms with Crippen molar-refractivity contribution in [3.8, 4) is 5.75 Å². The Morgan fingerprint density at radius 3 is 2.88 bits per heavy atom. The van der Waals surface area contributed by atoms with Gasteiger partial charge < -0.3 is 19.7 Å². The summed E-state index contributed by atoms with van der Waals surface area (Å²) >= 11 is 6.04. The van der Waals surface area contributed by atoms with Gasteiger partial charge in [-0.05, 0) is 43.9 Å². The number of nitrogens with one attached hydrogen (secondary N) is 1. The van der Waals surface area contributed by atoms with Crippen LogP contribution in [0.25, 0.3) is 0 Å². The van der Waals surface area contributed by atoms with Crippen LogP contribution in [-0.2, 0) is 4.74 Å². The van der Waals surface area contributed by atoms with Gasteiger partial charge >= 0.3 is 6.03 Å². The molecule has 5 nitrogen and oxygen atoms in total. The van der Waals surface area contributed by atoms with Crippen LogP contribution in [0.15, 0.2) is 18.2 Å². The zero-order valence-corrected chi connectivity index (χ0v) is 15.1. The minimum absolute atomic E-state index is 0.101. The lowest BCUT2D eigenvalue weighted by Gasteiger charge is -2.43. The zero-order valence-electron chi connectivity index (χ0n) is 14.3. The van der Waals surface area contributed by atoms with Crippen molar-refractivity contribution in [1.82, 2.24) is 4.90 Å². The molecule has 0 aromatic heterocycles. The normalized spacial score (nSPS) is 26.6. The van der Waals surface area contributed by atoms with Crippen molar-refractivity contribution in [2.45, 2.75) is 38.2 Å². The predicted octanol–water partition coefficient (Wildman–Crippen LogP) is 4.16. The van der Waals surface area contributed by atoms with Crippen LogP contribution in [0.5, 0.6) is 5.75 Å². The Bertz CT molecular complexity index is 610. The summed E-state index contributed by atoms with van der Waals surface area (Å²) in [5.41, 5.74) is 0.715. The summed E-state index contributed by atoms with van der Waals surface area (Å²) in [6, 6.07) is 5.11. The molecule has 2 fully saturated rings. The Balaban J connectivity index is 1.72. The molecule has 1 saturated carbocycles. The van der Waals surface area contributed by atoms with Crippen LogP contribution in [0.1, 0.15) is 32.1 Å². The first kappa shape index (κ1) is 17.4. The molecule has 0 bridgehead atoms. The molecule has 1 spiro atoms. The van der Waals surface area contributed by atoms with Crippen LogP contribution in [0.3, 0.4) is 0 Å². The Labute approximate surface area is 148 Å². The molecule has 1 aromatic rings. The van der Waals surface area contributed by atoms with Crippen molar-refractivity contribution < 1.29 is 14.3 Å². The molecule has 2 aliphatic rings. The smallest absolute Gasteiger partial charge is 0.321 e. The Hall–Kier alpha value is -1.46. The lowest BCUT2D eigenvalue weighted by Crippen LogP contribution is -2.51. The number of urea groups is 1. The highest BCUT2D eigenvalue weighted by atomic mass is 35.5. The molecule has 0 radical (unpaired) electrons. The van der Waals surface area contributed by atoms with Gasteiger partial charge in [-0.3, -0.25) is 0 Å². The van der Waals surface area contributed by atoms with Gasteiger partial charge in [-0.2, -0.15) is 0 Å². The van der Waals surface area contributed by atoms with Crippen molar-refractivity contribution in [1.29, 1.82) is 0 Å². The molecule has 6 heteroatoms. The number of rotatable bonds is 3. The molecule has 1 heterocycles. The highest BCUT2D eigenvalue weighted by Crippen LogP contribution is 2.46. The van der Waals surface area contributed by atoms with Crippen LogP contribution in [0.2, 0.25) is 5.02 Å². The number of carbonyl (C=O) groups excluding carboxylic acids is 1. The number of hydrogen-bond acceptors (Lipinski definition) is 3. The second-order valence-electron chi connectivity index (χ2n) is 6.78. The summed E-state index contributed by atoms with van der Waals surface area (Å²) in [6.45, 7) is 1.52. The number of benzene rings is 1.